The molecule has 0 saturated carbocycles. The monoisotopic (exact) mass is 10600 g/mol. The average molecular weight is 10600 g/mol. The Hall–Kier alpha value is 58.5. The molecule has 0 aliphatic heterocycles. The number of alkyl halides is 1. The third kappa shape index (κ3) is 74.1. The minimum absolute atomic E-state index is 0.0216. The van der Waals surface area contributed by atoms with Crippen molar-refractivity contribution < 1.29 is 32.4 Å². The first-order valence-corrected chi connectivity index (χ1v) is 521. The van der Waals surface area contributed by atoms with Gasteiger partial charge in [-0.25, -0.2) is 0 Å². The van der Waals surface area contributed by atoms with Crippen LogP contribution in [-0.2, 0) is 19.1 Å². The van der Waals surface area contributed by atoms with Gasteiger partial charge in [-0.1, -0.05) is 39.3 Å². The van der Waals surface area contributed by atoms with E-state index < -0.39 is 313 Å². The summed E-state index contributed by atoms with van der Waals surface area (Å²) in [5.74, 6) is -0.365. The van der Waals surface area contributed by atoms with Gasteiger partial charge in [-0.05, 0) is 25.4 Å². The van der Waals surface area contributed by atoms with Crippen molar-refractivity contribution in [1.82, 2.24) is 0 Å². The zero-order chi connectivity index (χ0) is 79.5. The van der Waals surface area contributed by atoms with Gasteiger partial charge in [0.2, 0.25) is 5.24 Å². The summed E-state index contributed by atoms with van der Waals surface area (Å²) in [6, 6.07) is 0. The average Bonchev–Trinajstić information content (AvgIpc) is 0.829. The Labute approximate surface area is 1140 Å². The summed E-state index contributed by atoms with van der Waals surface area (Å²) in [4.78, 5) is 29.4. The first-order chi connectivity index (χ1) is 45.0. The van der Waals surface area contributed by atoms with Gasteiger partial charge in [-0.2, -0.15) is 0 Å². The second-order valence-electron chi connectivity index (χ2n) is 10.2. The van der Waals surface area contributed by atoms with E-state index in [0.717, 1.165) is 6.29 Å². The predicted octanol–water partition coefficient (Wildman–Crippen LogP) is 71.2. The fraction of sp³-hybridized carbons (Fsp3) is 0.750. The van der Waals surface area contributed by atoms with Crippen LogP contribution in [0.4, 0.5) is 0 Å². The van der Waals surface area contributed by atoms with E-state index >= 15 is 0 Å². The molecule has 0 radical (unpaired) electrons. The number of carbonyl (C=O) groups is 3. The van der Waals surface area contributed by atoms with E-state index in [1.165, 1.54) is 6.92 Å². The van der Waals surface area contributed by atoms with Crippen LogP contribution in [0.3, 0.4) is 0 Å². The summed E-state index contributed by atoms with van der Waals surface area (Å²) in [5, 5.41) is -0.269. The molecule has 0 rings (SSSR count). The molecule has 0 aromatic heterocycles. The fourth-order valence-electron chi connectivity index (χ4n) is 1.45. The van der Waals surface area contributed by atoms with Gasteiger partial charge in [0.05, 0.1) is 5.92 Å². The Kier molecular flexibility index (Phi) is 167. The molecule has 4 nitrogen and oxygen atoms in total. The molecule has 1 unspecified atom stereocenters. The molecule has 0 N–H and O–H groups in total. The van der Waals surface area contributed by atoms with Gasteiger partial charge in [-0.15, -0.1) is 0 Å². The Bertz CT molecular complexity index is 2120. The molecule has 0 amide bonds. The fourth-order valence-corrected chi connectivity index (χ4v) is 15700. The molecule has 0 saturated heterocycles. The maximum absolute atomic E-state index is 10.6. The van der Waals surface area contributed by atoms with E-state index in [-0.39, 0.29) is 23.0 Å². The van der Waals surface area contributed by atoms with Crippen molar-refractivity contribution >= 4 is 1110 Å². The number of ether oxygens (including phenoxy) is 1. The first kappa shape index (κ1) is 164. The van der Waals surface area contributed by atoms with Gasteiger partial charge in [0.1, 0.15) is 6.29 Å². The van der Waals surface area contributed by atoms with Crippen LogP contribution < -0.4 is 13.3 Å². The van der Waals surface area contributed by atoms with Crippen LogP contribution in [0.25, 0.3) is 0 Å². The van der Waals surface area contributed by atoms with Gasteiger partial charge in [-0.3, -0.25) is 9.59 Å². The summed E-state index contributed by atoms with van der Waals surface area (Å²) >= 11 is 149. The van der Waals surface area contributed by atoms with Crippen LogP contribution in [0.1, 0.15) is 41.5 Å². The minimum atomic E-state index is -0.638. The number of carbonyl (C=O) groups excluding carboxylic acids is 3. The van der Waals surface area contributed by atoms with E-state index in [4.69, 9.17) is 28.0 Å². The topological polar surface area (TPSA) is 60.4 Å². The molecule has 0 aliphatic carbocycles. The number of hydrogen-bond donors (Lipinski definition) is 0. The van der Waals surface area contributed by atoms with Crippen molar-refractivity contribution in [3.8, 4) is 0 Å². The number of aldehydes is 1. The maximum atomic E-state index is 10.6. The predicted molar refractivity (Wildman–Crippen MR) is 1200 cm³/mol. The van der Waals surface area contributed by atoms with Crippen LogP contribution >= 0.6 is 1090 Å². The normalized spacial score (nSPS) is 17.5. The molecule has 87 heteroatoms. The van der Waals surface area contributed by atoms with Crippen molar-refractivity contribution in [2.45, 2.75) is 47.1 Å². The molecular formula is C12H22Cl2I81O4-. The quantitative estimate of drug-likeness (QED) is 0.0201. The second-order valence-corrected chi connectivity index (χ2v) is 1930. The standard InChI is InChI=1S/C6H11ClO2.C4H7ClO.C2H4O.I81/c1-4(2)6(8)9-5(3)7;1-3(2)4(5)6;1-2-3;1-42-44(4)46(6)48(8)50(10)52(12)54(14)56(16)58(18)60(20)62(22)64(24)66(26)68(28)70(30)72(32)74(34)76(36)78(38)80(40)81(41)79(39)77(37)75(35)73(33)71(31)69(29)67(27)65(25)63(23)61(21)59(19)57(17)55(15)53(13)51(11)49(9)47(7)45(5)43(2)3/h4-5H,1-3H3;3H,1-2H3;2H,1H3;/q;;;-1. The van der Waals surface area contributed by atoms with Crippen LogP contribution in [-0.4, -0.2) is 23.1 Å². The zero-order valence-corrected chi connectivity index (χ0v) is 219. The van der Waals surface area contributed by atoms with Gasteiger partial charge in [0.15, 0.2) is 5.56 Å². The van der Waals surface area contributed by atoms with E-state index in [1.54, 1.807) is 34.6 Å². The molecule has 0 aliphatic rings. The van der Waals surface area contributed by atoms with Crippen LogP contribution in [0.2, 0.25) is 0 Å². The third-order valence-corrected chi connectivity index (χ3v) is 6370. The molecule has 0 fully saturated rings. The molecule has 1 atom stereocenters. The first-order valence-electron chi connectivity index (χ1n) is 17.0. The van der Waals surface area contributed by atoms with E-state index in [9.17, 15) is 9.59 Å². The Morgan fingerprint density at radius 2 is 0.394 bits per heavy atom. The van der Waals surface area contributed by atoms with Crippen LogP contribution in [0, 0.1) is 11.8 Å². The van der Waals surface area contributed by atoms with Crippen LogP contribution in [0.5, 0.6) is 0 Å². The van der Waals surface area contributed by atoms with Gasteiger partial charge < -0.3 is 9.53 Å². The Morgan fingerprint density at radius 3 is 0.465 bits per heavy atom. The molecule has 676 valence electrons. The van der Waals surface area contributed by atoms with E-state index in [1.807, 2.05) is 0 Å². The summed E-state index contributed by atoms with van der Waals surface area (Å²) in [5.41, 5.74) is -0.514. The molecule has 0 spiro atoms. The molecular weight excluding hydrogens is 10600 g/mol. The number of rotatable bonds is 42. The van der Waals surface area contributed by atoms with Crippen molar-refractivity contribution in [1.29, 1.82) is 0 Å². The van der Waals surface area contributed by atoms with E-state index in [2.05, 4.69) is 768 Å². The second kappa shape index (κ2) is 101. The summed E-state index contributed by atoms with van der Waals surface area (Å²) in [6.45, 7) is 10.1. The van der Waals surface area contributed by atoms with Gasteiger partial charge >= 0.3 is 1090 Å². The van der Waals surface area contributed by atoms with Crippen molar-refractivity contribution in [3.05, 3.63) is 0 Å². The summed E-state index contributed by atoms with van der Waals surface area (Å²) in [6.07, 6.45) is 0.750. The number of hydrogen-bond acceptors (Lipinski definition) is 4. The van der Waals surface area contributed by atoms with Crippen molar-refractivity contribution in [3.63, 3.8) is 0 Å². The SMILES string of the molecule is CC(C)C(=O)Cl.CC(Cl)OC(=O)C(C)C.CC=O.I[I-]I(I)I(I)I(I)I(I)I(I)I(I)I(I)I(I)I(I)I(I)I(I)I(I)I(I)I(I)I(I)I(I)I(I)I(I)I(I)I(I)I(I)I(I)I(I)I(I)I(I)I(I)I(I)I(I)I(I)I(I)I(I)I(I)I(I)I(I)I(I)I(I)I(I)I(I)I(I)I. The molecule has 0 heterocycles. The Balaban J connectivity index is -0.00000219. The van der Waals surface area contributed by atoms with Crippen LogP contribution in [0.15, 0.2) is 0 Å². The molecule has 0 aromatic rings. The number of halogens is 83. The molecule has 0 aromatic carbocycles. The third-order valence-electron chi connectivity index (χ3n) is 4.35. The molecule has 0 bridgehead atoms. The summed E-state index contributed by atoms with van der Waals surface area (Å²) in [7, 11) is -22.9. The van der Waals surface area contributed by atoms with E-state index in [0.29, 0.717) is 13.3 Å². The van der Waals surface area contributed by atoms with Crippen molar-refractivity contribution in [2.24, 2.45) is 11.8 Å². The summed E-state index contributed by atoms with van der Waals surface area (Å²) < 4.78 is 4.64. The van der Waals surface area contributed by atoms with Gasteiger partial charge in [0.25, 0.3) is 0 Å². The number of esters is 1. The molecule has 99 heavy (non-hydrogen) atoms. The zero-order valence-electron chi connectivity index (χ0n) is 42.3. The Morgan fingerprint density at radius 1 is 0.283 bits per heavy atom. The van der Waals surface area contributed by atoms with Crippen molar-refractivity contribution in [2.75, 3.05) is 0 Å². The van der Waals surface area contributed by atoms with Gasteiger partial charge in [0, 0.05) is 5.92 Å².